The van der Waals surface area contributed by atoms with E-state index in [-0.39, 0.29) is 0 Å². The first-order valence-electron chi connectivity index (χ1n) is 7.26. The van der Waals surface area contributed by atoms with Crippen molar-refractivity contribution in [3.63, 3.8) is 0 Å². The largest absolute Gasteiger partial charge is 0.497 e. The highest BCUT2D eigenvalue weighted by molar-refractivity contribution is 5.67. The first kappa shape index (κ1) is 14.3. The molecule has 22 heavy (non-hydrogen) atoms. The molecule has 4 heteroatoms. The molecule has 112 valence electrons. The van der Waals surface area contributed by atoms with Crippen LogP contribution in [0.4, 0.5) is 0 Å². The maximum absolute atomic E-state index is 5.19. The summed E-state index contributed by atoms with van der Waals surface area (Å²) in [6.07, 6.45) is 3.67. The monoisotopic (exact) mass is 293 g/mol. The number of pyridine rings is 1. The van der Waals surface area contributed by atoms with E-state index in [1.807, 2.05) is 36.0 Å². The summed E-state index contributed by atoms with van der Waals surface area (Å²) in [6.45, 7) is 4.89. The number of aryl methyl sites for hydroxylation is 1. The Morgan fingerprint density at radius 3 is 2.50 bits per heavy atom. The van der Waals surface area contributed by atoms with E-state index in [0.29, 0.717) is 0 Å². The lowest BCUT2D eigenvalue weighted by atomic mass is 10.1. The maximum Gasteiger partial charge on any atom is 0.118 e. The van der Waals surface area contributed by atoms with E-state index in [1.54, 1.807) is 13.3 Å². The van der Waals surface area contributed by atoms with Crippen molar-refractivity contribution in [3.8, 4) is 16.9 Å². The number of rotatable bonds is 4. The molecule has 0 spiro atoms. The number of methoxy groups -OCH3 is 1. The first-order valence-corrected chi connectivity index (χ1v) is 7.26. The summed E-state index contributed by atoms with van der Waals surface area (Å²) < 4.78 is 7.24. The lowest BCUT2D eigenvalue weighted by molar-refractivity contribution is 0.414. The SMILES string of the molecule is COc1ccc(Cn2nc(C)c(-c3cccnc3)c2C)cc1. The second-order valence-electron chi connectivity index (χ2n) is 5.29. The minimum absolute atomic E-state index is 0.747. The molecule has 0 saturated carbocycles. The van der Waals surface area contributed by atoms with Crippen LogP contribution in [0.2, 0.25) is 0 Å². The van der Waals surface area contributed by atoms with Crippen molar-refractivity contribution >= 4 is 0 Å². The number of hydrogen-bond donors (Lipinski definition) is 0. The minimum Gasteiger partial charge on any atom is -0.497 e. The summed E-state index contributed by atoms with van der Waals surface area (Å²) in [7, 11) is 1.68. The van der Waals surface area contributed by atoms with Gasteiger partial charge in [-0.05, 0) is 37.6 Å². The van der Waals surface area contributed by atoms with Gasteiger partial charge in [-0.15, -0.1) is 0 Å². The zero-order valence-corrected chi connectivity index (χ0v) is 13.1. The fourth-order valence-electron chi connectivity index (χ4n) is 2.68. The van der Waals surface area contributed by atoms with E-state index in [2.05, 4.69) is 35.2 Å². The van der Waals surface area contributed by atoms with E-state index in [9.17, 15) is 0 Å². The minimum atomic E-state index is 0.747. The average molecular weight is 293 g/mol. The molecule has 3 rings (SSSR count). The van der Waals surface area contributed by atoms with Gasteiger partial charge in [-0.2, -0.15) is 5.10 Å². The van der Waals surface area contributed by atoms with Gasteiger partial charge in [0.2, 0.25) is 0 Å². The maximum atomic E-state index is 5.19. The zero-order chi connectivity index (χ0) is 15.5. The van der Waals surface area contributed by atoms with Gasteiger partial charge in [0, 0.05) is 29.2 Å². The van der Waals surface area contributed by atoms with Gasteiger partial charge in [-0.1, -0.05) is 18.2 Å². The summed E-state index contributed by atoms with van der Waals surface area (Å²) in [5, 5.41) is 4.68. The Kier molecular flexibility index (Phi) is 3.92. The van der Waals surface area contributed by atoms with E-state index >= 15 is 0 Å². The molecule has 0 radical (unpaired) electrons. The zero-order valence-electron chi connectivity index (χ0n) is 13.1. The van der Waals surface area contributed by atoms with Crippen molar-refractivity contribution in [2.75, 3.05) is 7.11 Å². The molecular weight excluding hydrogens is 274 g/mol. The van der Waals surface area contributed by atoms with Crippen LogP contribution in [0.5, 0.6) is 5.75 Å². The molecule has 4 nitrogen and oxygen atoms in total. The smallest absolute Gasteiger partial charge is 0.118 e. The summed E-state index contributed by atoms with van der Waals surface area (Å²) in [4.78, 5) is 4.20. The normalized spacial score (nSPS) is 10.7. The van der Waals surface area contributed by atoms with Crippen molar-refractivity contribution in [1.29, 1.82) is 0 Å². The van der Waals surface area contributed by atoms with Crippen molar-refractivity contribution in [3.05, 3.63) is 65.7 Å². The molecule has 0 bridgehead atoms. The van der Waals surface area contributed by atoms with E-state index < -0.39 is 0 Å². The quantitative estimate of drug-likeness (QED) is 0.737. The predicted molar refractivity (Wildman–Crippen MR) is 87.0 cm³/mol. The number of ether oxygens (including phenoxy) is 1. The molecule has 0 fully saturated rings. The molecule has 0 amide bonds. The third-order valence-electron chi connectivity index (χ3n) is 3.82. The van der Waals surface area contributed by atoms with Gasteiger partial charge >= 0.3 is 0 Å². The van der Waals surface area contributed by atoms with E-state index in [1.165, 1.54) is 11.1 Å². The van der Waals surface area contributed by atoms with Crippen LogP contribution in [-0.4, -0.2) is 21.9 Å². The molecule has 2 heterocycles. The van der Waals surface area contributed by atoms with Crippen molar-refractivity contribution < 1.29 is 4.74 Å². The molecule has 0 aliphatic rings. The number of aromatic nitrogens is 3. The van der Waals surface area contributed by atoms with E-state index in [0.717, 1.165) is 29.2 Å². The topological polar surface area (TPSA) is 39.9 Å². The Bertz CT molecular complexity index is 761. The Labute approximate surface area is 130 Å². The van der Waals surface area contributed by atoms with Crippen LogP contribution in [0.3, 0.4) is 0 Å². The first-order chi connectivity index (χ1) is 10.7. The van der Waals surface area contributed by atoms with Gasteiger partial charge in [0.25, 0.3) is 0 Å². The van der Waals surface area contributed by atoms with Gasteiger partial charge in [0.1, 0.15) is 5.75 Å². The Morgan fingerprint density at radius 1 is 1.09 bits per heavy atom. The average Bonchev–Trinajstić information content (AvgIpc) is 2.83. The highest BCUT2D eigenvalue weighted by Crippen LogP contribution is 2.26. The molecule has 0 unspecified atom stereocenters. The number of hydrogen-bond acceptors (Lipinski definition) is 3. The third kappa shape index (κ3) is 2.72. The predicted octanol–water partition coefficient (Wildman–Crippen LogP) is 3.62. The molecule has 3 aromatic rings. The van der Waals surface area contributed by atoms with Gasteiger partial charge in [-0.3, -0.25) is 9.67 Å². The van der Waals surface area contributed by atoms with Crippen LogP contribution in [0.25, 0.3) is 11.1 Å². The Morgan fingerprint density at radius 2 is 1.86 bits per heavy atom. The van der Waals surface area contributed by atoms with E-state index in [4.69, 9.17) is 4.74 Å². The van der Waals surface area contributed by atoms with Crippen LogP contribution in [0.15, 0.2) is 48.8 Å². The van der Waals surface area contributed by atoms with Gasteiger partial charge in [0.15, 0.2) is 0 Å². The van der Waals surface area contributed by atoms with Crippen molar-refractivity contribution in [2.24, 2.45) is 0 Å². The third-order valence-corrected chi connectivity index (χ3v) is 3.82. The molecule has 0 atom stereocenters. The van der Waals surface area contributed by atoms with Crippen molar-refractivity contribution in [2.45, 2.75) is 20.4 Å². The molecule has 1 aromatic carbocycles. The molecule has 0 saturated heterocycles. The van der Waals surface area contributed by atoms with Crippen LogP contribution >= 0.6 is 0 Å². The standard InChI is InChI=1S/C18H19N3O/c1-13-18(16-5-4-10-19-11-16)14(2)21(20-13)12-15-6-8-17(22-3)9-7-15/h4-11H,12H2,1-3H3. The van der Waals surface area contributed by atoms with Crippen LogP contribution < -0.4 is 4.74 Å². The second kappa shape index (κ2) is 6.02. The number of nitrogens with zero attached hydrogens (tertiary/aromatic N) is 3. The van der Waals surface area contributed by atoms with Crippen molar-refractivity contribution in [1.82, 2.24) is 14.8 Å². The molecule has 0 aliphatic carbocycles. The lowest BCUT2D eigenvalue weighted by Crippen LogP contribution is -2.04. The van der Waals surface area contributed by atoms with Crippen LogP contribution in [0.1, 0.15) is 17.0 Å². The summed E-state index contributed by atoms with van der Waals surface area (Å²) in [5.41, 5.74) is 5.66. The molecule has 0 N–H and O–H groups in total. The van der Waals surface area contributed by atoms with Gasteiger partial charge in [0.05, 0.1) is 19.3 Å². The lowest BCUT2D eigenvalue weighted by Gasteiger charge is -2.07. The summed E-state index contributed by atoms with van der Waals surface area (Å²) in [5.74, 6) is 0.869. The highest BCUT2D eigenvalue weighted by Gasteiger charge is 2.13. The number of benzene rings is 1. The molecular formula is C18H19N3O. The Hall–Kier alpha value is -2.62. The van der Waals surface area contributed by atoms with Crippen LogP contribution in [-0.2, 0) is 6.54 Å². The fraction of sp³-hybridized carbons (Fsp3) is 0.222. The Balaban J connectivity index is 1.92. The molecule has 0 aliphatic heterocycles. The molecule has 2 aromatic heterocycles. The summed E-state index contributed by atoms with van der Waals surface area (Å²) >= 11 is 0. The van der Waals surface area contributed by atoms with Crippen LogP contribution in [0, 0.1) is 13.8 Å². The van der Waals surface area contributed by atoms with Gasteiger partial charge < -0.3 is 4.74 Å². The second-order valence-corrected chi connectivity index (χ2v) is 5.29. The summed E-state index contributed by atoms with van der Waals surface area (Å²) in [6, 6.07) is 12.1. The van der Waals surface area contributed by atoms with Gasteiger partial charge in [-0.25, -0.2) is 0 Å². The fourth-order valence-corrected chi connectivity index (χ4v) is 2.68. The highest BCUT2D eigenvalue weighted by atomic mass is 16.5.